The average molecular weight is 330 g/mol. The van der Waals surface area contributed by atoms with Gasteiger partial charge in [-0.2, -0.15) is 0 Å². The average Bonchev–Trinajstić information content (AvgIpc) is 2.61. The summed E-state index contributed by atoms with van der Waals surface area (Å²) >= 11 is 0. The summed E-state index contributed by atoms with van der Waals surface area (Å²) in [5, 5.41) is 10.3. The van der Waals surface area contributed by atoms with Gasteiger partial charge in [-0.15, -0.1) is 0 Å². The number of aliphatic hydroxyl groups is 1. The van der Waals surface area contributed by atoms with Crippen molar-refractivity contribution in [2.75, 3.05) is 6.61 Å². The van der Waals surface area contributed by atoms with Crippen LogP contribution in [-0.4, -0.2) is 18.0 Å². The molecule has 2 saturated carbocycles. The van der Waals surface area contributed by atoms with Crippen molar-refractivity contribution in [1.29, 1.82) is 0 Å². The Morgan fingerprint density at radius 1 is 1.08 bits per heavy atom. The molecular formula is C21H30O3. The van der Waals surface area contributed by atoms with E-state index in [0.29, 0.717) is 11.8 Å². The Morgan fingerprint density at radius 2 is 1.88 bits per heavy atom. The molecule has 24 heavy (non-hydrogen) atoms. The molecule has 3 nitrogen and oxygen atoms in total. The number of hydrogen-bond acceptors (Lipinski definition) is 3. The molecule has 1 N–H and O–H groups in total. The van der Waals surface area contributed by atoms with Gasteiger partial charge in [0.15, 0.2) is 0 Å². The van der Waals surface area contributed by atoms with Gasteiger partial charge in [-0.1, -0.05) is 38.7 Å². The molecule has 0 bridgehead atoms. The molecule has 2 fully saturated rings. The molecule has 3 unspecified atom stereocenters. The van der Waals surface area contributed by atoms with Crippen LogP contribution in [0, 0.1) is 17.8 Å². The van der Waals surface area contributed by atoms with E-state index >= 15 is 0 Å². The second-order valence-corrected chi connectivity index (χ2v) is 8.20. The maximum atomic E-state index is 10.3. The molecule has 0 saturated heterocycles. The molecule has 1 aliphatic heterocycles. The summed E-state index contributed by atoms with van der Waals surface area (Å²) in [5.41, 5.74) is 1.27. The van der Waals surface area contributed by atoms with Crippen LogP contribution in [0.1, 0.15) is 69.8 Å². The number of ether oxygens (including phenoxy) is 2. The summed E-state index contributed by atoms with van der Waals surface area (Å²) in [6.07, 6.45) is 9.27. The van der Waals surface area contributed by atoms with Crippen LogP contribution in [0.2, 0.25) is 0 Å². The molecule has 4 rings (SSSR count). The molecule has 0 aromatic heterocycles. The van der Waals surface area contributed by atoms with Crippen LogP contribution < -0.4 is 9.47 Å². The molecule has 3 aliphatic rings. The van der Waals surface area contributed by atoms with Crippen LogP contribution in [0.15, 0.2) is 18.2 Å². The molecule has 0 amide bonds. The number of aliphatic hydroxyl groups excluding tert-OH is 1. The zero-order chi connectivity index (χ0) is 16.5. The van der Waals surface area contributed by atoms with Gasteiger partial charge in [-0.05, 0) is 55.1 Å². The highest BCUT2D eigenvalue weighted by Crippen LogP contribution is 2.48. The Labute approximate surface area is 145 Å². The van der Waals surface area contributed by atoms with Gasteiger partial charge in [0.1, 0.15) is 11.5 Å². The first-order chi connectivity index (χ1) is 11.7. The van der Waals surface area contributed by atoms with Gasteiger partial charge < -0.3 is 14.6 Å². The Bertz CT molecular complexity index is 562. The van der Waals surface area contributed by atoms with Crippen molar-refractivity contribution in [2.45, 2.75) is 70.5 Å². The third kappa shape index (κ3) is 3.28. The first kappa shape index (κ1) is 16.3. The van der Waals surface area contributed by atoms with Crippen LogP contribution >= 0.6 is 0 Å². The van der Waals surface area contributed by atoms with Crippen molar-refractivity contribution < 1.29 is 14.6 Å². The number of rotatable bonds is 3. The smallest absolute Gasteiger partial charge is 0.200 e. The van der Waals surface area contributed by atoms with Gasteiger partial charge in [-0.25, -0.2) is 0 Å². The summed E-state index contributed by atoms with van der Waals surface area (Å²) in [5.74, 6) is 4.00. The topological polar surface area (TPSA) is 38.7 Å². The molecule has 1 aromatic rings. The lowest BCUT2D eigenvalue weighted by molar-refractivity contribution is -0.0921. The van der Waals surface area contributed by atoms with E-state index in [2.05, 4.69) is 19.1 Å². The normalized spacial score (nSPS) is 35.5. The monoisotopic (exact) mass is 330 g/mol. The molecule has 2 aliphatic carbocycles. The second kappa shape index (κ2) is 6.95. The largest absolute Gasteiger partial charge is 0.493 e. The van der Waals surface area contributed by atoms with E-state index in [0.717, 1.165) is 30.4 Å². The fourth-order valence-corrected chi connectivity index (χ4v) is 4.83. The molecule has 3 heteroatoms. The highest BCUT2D eigenvalue weighted by atomic mass is 16.6. The highest BCUT2D eigenvalue weighted by molar-refractivity contribution is 5.44. The summed E-state index contributed by atoms with van der Waals surface area (Å²) in [7, 11) is 0. The lowest BCUT2D eigenvalue weighted by atomic mass is 9.73. The van der Waals surface area contributed by atoms with Gasteiger partial charge in [0, 0.05) is 12.0 Å². The Hall–Kier alpha value is -1.22. The van der Waals surface area contributed by atoms with Crippen LogP contribution in [0.5, 0.6) is 11.5 Å². The van der Waals surface area contributed by atoms with E-state index in [1.165, 1.54) is 50.5 Å². The molecule has 1 aromatic carbocycles. The standard InChI is InChI=1S/C21H30O3/c1-14-6-8-15(9-7-14)13-23-16-10-11-18-17-4-2-3-5-19(17)21(22)24-20(18)12-16/h10-12,14-15,17,19,21-22H,2-9,13H2,1H3. The Morgan fingerprint density at radius 3 is 2.71 bits per heavy atom. The van der Waals surface area contributed by atoms with Gasteiger partial charge in [0.05, 0.1) is 6.61 Å². The minimum Gasteiger partial charge on any atom is -0.493 e. The van der Waals surface area contributed by atoms with Crippen molar-refractivity contribution in [2.24, 2.45) is 17.8 Å². The SMILES string of the molecule is CC1CCC(COc2ccc3c(c2)OC(O)C2CCCCC32)CC1. The van der Waals surface area contributed by atoms with Crippen molar-refractivity contribution in [3.8, 4) is 11.5 Å². The van der Waals surface area contributed by atoms with Crippen LogP contribution in [-0.2, 0) is 0 Å². The van der Waals surface area contributed by atoms with Crippen LogP contribution in [0.25, 0.3) is 0 Å². The maximum Gasteiger partial charge on any atom is 0.200 e. The van der Waals surface area contributed by atoms with Crippen molar-refractivity contribution in [1.82, 2.24) is 0 Å². The second-order valence-electron chi connectivity index (χ2n) is 8.20. The van der Waals surface area contributed by atoms with Crippen LogP contribution in [0.3, 0.4) is 0 Å². The summed E-state index contributed by atoms with van der Waals surface area (Å²) < 4.78 is 11.9. The summed E-state index contributed by atoms with van der Waals surface area (Å²) in [6, 6.07) is 6.26. The maximum absolute atomic E-state index is 10.3. The first-order valence-corrected chi connectivity index (χ1v) is 9.82. The molecule has 0 radical (unpaired) electrons. The minimum atomic E-state index is -0.655. The Balaban J connectivity index is 1.43. The third-order valence-corrected chi connectivity index (χ3v) is 6.44. The van der Waals surface area contributed by atoms with E-state index < -0.39 is 6.29 Å². The predicted octanol–water partition coefficient (Wildman–Crippen LogP) is 4.88. The zero-order valence-electron chi connectivity index (χ0n) is 14.7. The Kier molecular flexibility index (Phi) is 4.71. The lowest BCUT2D eigenvalue weighted by Crippen LogP contribution is -2.37. The summed E-state index contributed by atoms with van der Waals surface area (Å²) in [6.45, 7) is 3.15. The number of hydrogen-bond donors (Lipinski definition) is 1. The lowest BCUT2D eigenvalue weighted by Gasteiger charge is -2.40. The van der Waals surface area contributed by atoms with Gasteiger partial charge >= 0.3 is 0 Å². The fourth-order valence-electron chi connectivity index (χ4n) is 4.83. The molecular weight excluding hydrogens is 300 g/mol. The van der Waals surface area contributed by atoms with Crippen molar-refractivity contribution in [3.05, 3.63) is 23.8 Å². The van der Waals surface area contributed by atoms with Crippen LogP contribution in [0.4, 0.5) is 0 Å². The van der Waals surface area contributed by atoms with E-state index in [-0.39, 0.29) is 5.92 Å². The molecule has 0 spiro atoms. The first-order valence-electron chi connectivity index (χ1n) is 9.82. The van der Waals surface area contributed by atoms with Gasteiger partial charge in [0.2, 0.25) is 6.29 Å². The van der Waals surface area contributed by atoms with E-state index in [4.69, 9.17) is 9.47 Å². The summed E-state index contributed by atoms with van der Waals surface area (Å²) in [4.78, 5) is 0. The highest BCUT2D eigenvalue weighted by Gasteiger charge is 2.38. The quantitative estimate of drug-likeness (QED) is 0.859. The zero-order valence-corrected chi connectivity index (χ0v) is 14.7. The van der Waals surface area contributed by atoms with Gasteiger partial charge in [0.25, 0.3) is 0 Å². The molecule has 3 atom stereocenters. The van der Waals surface area contributed by atoms with E-state index in [1.807, 2.05) is 6.07 Å². The van der Waals surface area contributed by atoms with Gasteiger partial charge in [-0.3, -0.25) is 0 Å². The predicted molar refractivity (Wildman–Crippen MR) is 94.4 cm³/mol. The van der Waals surface area contributed by atoms with Crippen molar-refractivity contribution in [3.63, 3.8) is 0 Å². The molecule has 132 valence electrons. The molecule has 1 heterocycles. The van der Waals surface area contributed by atoms with E-state index in [1.54, 1.807) is 0 Å². The van der Waals surface area contributed by atoms with Crippen molar-refractivity contribution >= 4 is 0 Å². The third-order valence-electron chi connectivity index (χ3n) is 6.44. The van der Waals surface area contributed by atoms with E-state index in [9.17, 15) is 5.11 Å². The minimum absolute atomic E-state index is 0.266. The number of benzene rings is 1. The fraction of sp³-hybridized carbons (Fsp3) is 0.714. The number of fused-ring (bicyclic) bond motifs is 3.